The van der Waals surface area contributed by atoms with Crippen molar-refractivity contribution in [3.05, 3.63) is 96.1 Å². The zero-order valence-electron chi connectivity index (χ0n) is 23.1. The first kappa shape index (κ1) is 24.5. The van der Waals surface area contributed by atoms with Gasteiger partial charge in [-0.15, -0.1) is 0 Å². The van der Waals surface area contributed by atoms with Crippen LogP contribution in [0.25, 0.3) is 66.3 Å². The van der Waals surface area contributed by atoms with Gasteiger partial charge < -0.3 is 25.0 Å². The average Bonchev–Trinajstić information content (AvgIpc) is 3.68. The predicted octanol–water partition coefficient (Wildman–Crippen LogP) is 8.64. The Balaban J connectivity index is 1.31. The van der Waals surface area contributed by atoms with Crippen LogP contribution in [-0.2, 0) is 13.1 Å². The lowest BCUT2D eigenvalue weighted by Gasteiger charge is -2.10. The number of aromatic nitrogens is 2. The fourth-order valence-corrected chi connectivity index (χ4v) is 6.63. The minimum Gasteiger partial charge on any atom is -0.456 e. The highest BCUT2D eigenvalue weighted by atomic mass is 16.3. The molecule has 4 N–H and O–H groups in total. The zero-order valence-corrected chi connectivity index (χ0v) is 23.1. The van der Waals surface area contributed by atoms with E-state index < -0.39 is 0 Å². The molecule has 204 valence electrons. The molecule has 0 saturated heterocycles. The molecule has 0 radical (unpaired) electrons. The van der Waals surface area contributed by atoms with Crippen LogP contribution < -0.4 is 10.6 Å². The van der Waals surface area contributed by atoms with E-state index in [0.717, 1.165) is 48.1 Å². The van der Waals surface area contributed by atoms with Crippen molar-refractivity contribution in [3.63, 3.8) is 0 Å². The van der Waals surface area contributed by atoms with Crippen LogP contribution in [0.5, 0.6) is 0 Å². The number of aromatic amines is 2. The molecule has 0 fully saturated rings. The summed E-state index contributed by atoms with van der Waals surface area (Å²) in [6, 6.07) is 30.5. The van der Waals surface area contributed by atoms with E-state index in [9.17, 15) is 0 Å². The Morgan fingerprint density at radius 3 is 1.49 bits per heavy atom. The van der Waals surface area contributed by atoms with Crippen LogP contribution in [0.15, 0.2) is 89.3 Å². The minimum atomic E-state index is 0.846. The van der Waals surface area contributed by atoms with Crippen LogP contribution in [0.4, 0.5) is 0 Å². The second-order valence-corrected chi connectivity index (χ2v) is 11.3. The van der Waals surface area contributed by atoms with Gasteiger partial charge in [-0.05, 0) is 96.7 Å². The van der Waals surface area contributed by atoms with Crippen molar-refractivity contribution in [2.24, 2.45) is 0 Å². The van der Waals surface area contributed by atoms with E-state index in [2.05, 4.69) is 106 Å². The lowest BCUT2D eigenvalue weighted by molar-refractivity contribution is 0.564. The van der Waals surface area contributed by atoms with Crippen LogP contribution in [0.2, 0.25) is 0 Å². The Morgan fingerprint density at radius 1 is 0.488 bits per heavy atom. The highest BCUT2D eigenvalue weighted by Gasteiger charge is 2.18. The van der Waals surface area contributed by atoms with Gasteiger partial charge in [0, 0.05) is 45.7 Å². The number of rotatable bonds is 0. The molecular formula is C36H34N4O. The Morgan fingerprint density at radius 2 is 0.976 bits per heavy atom. The molecule has 4 bridgehead atoms. The Hall–Kier alpha value is -4.32. The first-order valence-corrected chi connectivity index (χ1v) is 14.9. The molecule has 0 spiro atoms. The molecule has 4 heterocycles. The fourth-order valence-electron chi connectivity index (χ4n) is 6.63. The Labute approximate surface area is 238 Å². The summed E-state index contributed by atoms with van der Waals surface area (Å²) in [6.07, 6.45) is 4.87. The molecule has 5 nitrogen and oxygen atoms in total. The van der Waals surface area contributed by atoms with E-state index in [1.54, 1.807) is 0 Å². The van der Waals surface area contributed by atoms with Crippen molar-refractivity contribution in [3.8, 4) is 22.5 Å². The monoisotopic (exact) mass is 538 g/mol. The van der Waals surface area contributed by atoms with Gasteiger partial charge in [-0.2, -0.15) is 0 Å². The lowest BCUT2D eigenvalue weighted by atomic mass is 10.0. The maximum atomic E-state index is 6.33. The summed E-state index contributed by atoms with van der Waals surface area (Å²) in [5, 5.41) is 12.3. The second-order valence-electron chi connectivity index (χ2n) is 11.3. The van der Waals surface area contributed by atoms with Crippen molar-refractivity contribution in [1.82, 2.24) is 20.6 Å². The van der Waals surface area contributed by atoms with Gasteiger partial charge in [-0.1, -0.05) is 49.2 Å². The van der Waals surface area contributed by atoms with Crippen LogP contribution in [0, 0.1) is 0 Å². The summed E-state index contributed by atoms with van der Waals surface area (Å²) in [7, 11) is 0. The van der Waals surface area contributed by atoms with E-state index >= 15 is 0 Å². The highest BCUT2D eigenvalue weighted by molar-refractivity contribution is 6.08. The number of H-pyrrole nitrogens is 2. The zero-order chi connectivity index (χ0) is 27.2. The lowest BCUT2D eigenvalue weighted by Crippen LogP contribution is -2.16. The number of nitrogens with one attached hydrogen (secondary N) is 4. The molecule has 0 amide bonds. The minimum absolute atomic E-state index is 0.846. The summed E-state index contributed by atoms with van der Waals surface area (Å²) in [5.74, 6) is 0. The molecule has 7 aromatic rings. The molecular weight excluding hydrogens is 504 g/mol. The molecule has 0 atom stereocenters. The molecule has 1 aliphatic heterocycles. The fraction of sp³-hybridized carbons (Fsp3) is 0.222. The van der Waals surface area contributed by atoms with Crippen molar-refractivity contribution < 1.29 is 4.42 Å². The number of benzene rings is 4. The van der Waals surface area contributed by atoms with Gasteiger partial charge in [-0.25, -0.2) is 0 Å². The van der Waals surface area contributed by atoms with Gasteiger partial charge in [0.15, 0.2) is 0 Å². The number of hydrogen-bond donors (Lipinski definition) is 4. The van der Waals surface area contributed by atoms with Gasteiger partial charge in [0.1, 0.15) is 11.2 Å². The number of fused-ring (bicyclic) bond motifs is 10. The third-order valence-corrected chi connectivity index (χ3v) is 8.73. The third kappa shape index (κ3) is 4.33. The highest BCUT2D eigenvalue weighted by Crippen LogP contribution is 2.38. The smallest absolute Gasteiger partial charge is 0.135 e. The van der Waals surface area contributed by atoms with Crippen molar-refractivity contribution >= 4 is 43.7 Å². The van der Waals surface area contributed by atoms with Crippen LogP contribution >= 0.6 is 0 Å². The van der Waals surface area contributed by atoms with E-state index in [4.69, 9.17) is 4.42 Å². The van der Waals surface area contributed by atoms with E-state index in [1.807, 2.05) is 0 Å². The van der Waals surface area contributed by atoms with E-state index in [0.29, 0.717) is 0 Å². The van der Waals surface area contributed by atoms with Gasteiger partial charge in [0.25, 0.3) is 0 Å². The largest absolute Gasteiger partial charge is 0.456 e. The number of hydrogen-bond acceptors (Lipinski definition) is 3. The van der Waals surface area contributed by atoms with Gasteiger partial charge in [0.2, 0.25) is 0 Å². The quantitative estimate of drug-likeness (QED) is 0.156. The first-order chi connectivity index (χ1) is 20.3. The molecule has 0 saturated carbocycles. The molecule has 1 aliphatic rings. The Kier molecular flexibility index (Phi) is 6.12. The van der Waals surface area contributed by atoms with Crippen LogP contribution in [0.1, 0.15) is 36.8 Å². The van der Waals surface area contributed by atoms with Gasteiger partial charge in [0.05, 0.1) is 11.4 Å². The summed E-state index contributed by atoms with van der Waals surface area (Å²) in [6.45, 7) is 3.75. The maximum absolute atomic E-state index is 6.33. The van der Waals surface area contributed by atoms with Crippen molar-refractivity contribution in [2.75, 3.05) is 13.1 Å². The molecule has 8 rings (SSSR count). The number of furan rings is 1. The maximum Gasteiger partial charge on any atom is 0.135 e. The summed E-state index contributed by atoms with van der Waals surface area (Å²) in [4.78, 5) is 7.48. The average molecular weight is 539 g/mol. The summed E-state index contributed by atoms with van der Waals surface area (Å²) < 4.78 is 6.33. The van der Waals surface area contributed by atoms with Crippen LogP contribution in [-0.4, -0.2) is 23.1 Å². The topological polar surface area (TPSA) is 68.8 Å². The normalized spacial score (nSPS) is 15.3. The Bertz CT molecular complexity index is 1880. The molecule has 5 heteroatoms. The SMILES string of the molecule is c1ccc2c3c([nH]c2c1)-c1ccc2oc4ccc(cc4c2c1)-c1[nH]c2ccccc2c1CNCCCCCCNC3. The number of para-hydroxylation sites is 2. The predicted molar refractivity (Wildman–Crippen MR) is 170 cm³/mol. The van der Waals surface area contributed by atoms with Crippen LogP contribution in [0.3, 0.4) is 0 Å². The van der Waals surface area contributed by atoms with E-state index in [-0.39, 0.29) is 0 Å². The molecule has 41 heavy (non-hydrogen) atoms. The molecule has 3 aromatic heterocycles. The summed E-state index contributed by atoms with van der Waals surface area (Å²) in [5.41, 5.74) is 11.6. The second kappa shape index (κ2) is 10.3. The molecule has 0 aliphatic carbocycles. The van der Waals surface area contributed by atoms with E-state index in [1.165, 1.54) is 81.1 Å². The van der Waals surface area contributed by atoms with Crippen molar-refractivity contribution in [1.29, 1.82) is 0 Å². The van der Waals surface area contributed by atoms with Crippen molar-refractivity contribution in [2.45, 2.75) is 38.8 Å². The summed E-state index contributed by atoms with van der Waals surface area (Å²) >= 11 is 0. The first-order valence-electron chi connectivity index (χ1n) is 14.9. The third-order valence-electron chi connectivity index (χ3n) is 8.73. The van der Waals surface area contributed by atoms with Gasteiger partial charge >= 0.3 is 0 Å². The molecule has 0 unspecified atom stereocenters. The van der Waals surface area contributed by atoms with Gasteiger partial charge in [-0.3, -0.25) is 0 Å². The molecule has 4 aromatic carbocycles. The standard InChI is InChI=1S/C36H34N4O/c1-2-8-18-38-22-30-26-10-4-6-12-32(26)40-36(30)24-14-16-34-28(20-24)27-19-23(13-15-33(27)41-34)35-29(21-37-17-7-1)25-9-3-5-11-31(25)39-35/h3-6,9-16,19-20,37-40H,1-2,7-8,17-18,21-22H2.